The van der Waals surface area contributed by atoms with Crippen molar-refractivity contribution in [3.63, 3.8) is 0 Å². The van der Waals surface area contributed by atoms with Gasteiger partial charge in [0.1, 0.15) is 0 Å². The summed E-state index contributed by atoms with van der Waals surface area (Å²) in [4.78, 5) is 0. The van der Waals surface area contributed by atoms with Crippen molar-refractivity contribution in [3.8, 4) is 0 Å². The molecule has 8 nitrogen and oxygen atoms in total. The van der Waals surface area contributed by atoms with Gasteiger partial charge in [0.15, 0.2) is 0 Å². The van der Waals surface area contributed by atoms with Gasteiger partial charge in [0.05, 0.1) is 53.0 Å². The third-order valence-electron chi connectivity index (χ3n) is 22.4. The lowest BCUT2D eigenvalue weighted by molar-refractivity contribution is 0.0856. The Hall–Kier alpha value is -4.40. The fourth-order valence-electron chi connectivity index (χ4n) is 17.0. The Balaban J connectivity index is 0.000000193. The lowest BCUT2D eigenvalue weighted by atomic mass is 9.62. The fraction of sp³-hybridized carbons (Fsp3) is 0.615. The van der Waals surface area contributed by atoms with Gasteiger partial charge in [0.2, 0.25) is 15.0 Å². The third-order valence-corrected chi connectivity index (χ3v) is 24.7. The van der Waals surface area contributed by atoms with Gasteiger partial charge in [-0.05, 0) is 241 Å². The molecule has 0 heterocycles. The molecule has 0 spiro atoms. The van der Waals surface area contributed by atoms with E-state index in [1.54, 1.807) is 12.2 Å². The minimum Gasteiger partial charge on any atom is -0.393 e. The normalized spacial score (nSPS) is 36.6. The van der Waals surface area contributed by atoms with Crippen LogP contribution in [0.5, 0.6) is 0 Å². The summed E-state index contributed by atoms with van der Waals surface area (Å²) in [5.74, 6) is 1.94. The van der Waals surface area contributed by atoms with Crippen LogP contribution in [0, 0.1) is 51.8 Å². The predicted octanol–water partition coefficient (Wildman–Crippen LogP) is 18.0. The molecule has 6 fully saturated rings. The van der Waals surface area contributed by atoms with E-state index in [-0.39, 0.29) is 33.8 Å². The Morgan fingerprint density at radius 2 is 0.800 bits per heavy atom. The zero-order valence-electron chi connectivity index (χ0n) is 56.4. The Morgan fingerprint density at radius 1 is 0.522 bits per heavy atom. The minimum atomic E-state index is -3.96. The van der Waals surface area contributed by atoms with Crippen molar-refractivity contribution in [1.82, 2.24) is 0 Å². The summed E-state index contributed by atoms with van der Waals surface area (Å²) in [5.41, 5.74) is 13.8. The maximum absolute atomic E-state index is 14.6. The number of rotatable bonds is 13. The van der Waals surface area contributed by atoms with Gasteiger partial charge in [-0.1, -0.05) is 162 Å². The first-order valence-electron chi connectivity index (χ1n) is 33.8. The van der Waals surface area contributed by atoms with Crippen molar-refractivity contribution in [2.45, 2.75) is 252 Å². The molecule has 6 saturated carbocycles. The lowest BCUT2D eigenvalue weighted by Gasteiger charge is -2.42. The van der Waals surface area contributed by atoms with E-state index in [0.29, 0.717) is 80.1 Å². The highest BCUT2D eigenvalue weighted by molar-refractivity contribution is 7.96. The van der Waals surface area contributed by atoms with E-state index in [1.165, 1.54) is 87.0 Å². The second-order valence-electron chi connectivity index (χ2n) is 30.0. The van der Waals surface area contributed by atoms with Crippen molar-refractivity contribution < 1.29 is 52.2 Å². The van der Waals surface area contributed by atoms with Gasteiger partial charge in [0.25, 0.3) is 0 Å². The molecule has 0 aliphatic heterocycles. The van der Waals surface area contributed by atoms with Gasteiger partial charge in [-0.15, -0.1) is 0 Å². The molecule has 9 rings (SSSR count). The number of hydrogen-bond donors (Lipinski definition) is 6. The van der Waals surface area contributed by atoms with Crippen LogP contribution in [0.25, 0.3) is 0 Å². The van der Waals surface area contributed by atoms with Crippen molar-refractivity contribution >= 4 is 9.84 Å². The molecule has 0 saturated heterocycles. The van der Waals surface area contributed by atoms with Crippen LogP contribution in [0.4, 0.5) is 13.2 Å². The van der Waals surface area contributed by atoms with E-state index in [0.717, 1.165) is 105 Å². The summed E-state index contributed by atoms with van der Waals surface area (Å²) in [5, 5.41) is 59.2. The average molecular weight is 1270 g/mol. The van der Waals surface area contributed by atoms with Crippen LogP contribution >= 0.6 is 0 Å². The monoisotopic (exact) mass is 1260 g/mol. The van der Waals surface area contributed by atoms with Crippen LogP contribution in [-0.4, -0.2) is 80.4 Å². The van der Waals surface area contributed by atoms with Crippen molar-refractivity contribution in [2.75, 3.05) is 0 Å². The molecule has 90 heavy (non-hydrogen) atoms. The van der Waals surface area contributed by atoms with Gasteiger partial charge in [-0.3, -0.25) is 0 Å². The summed E-state index contributed by atoms with van der Waals surface area (Å²) in [6.45, 7) is 33.2. The van der Waals surface area contributed by atoms with Crippen LogP contribution in [0.2, 0.25) is 0 Å². The van der Waals surface area contributed by atoms with E-state index in [4.69, 9.17) is 0 Å². The minimum absolute atomic E-state index is 0.0299. The van der Waals surface area contributed by atoms with Crippen molar-refractivity contribution in [1.29, 1.82) is 0 Å². The van der Waals surface area contributed by atoms with Crippen LogP contribution in [-0.2, 0) is 9.84 Å². The number of fused-ring (bicyclic) bond motifs is 3. The molecule has 0 aromatic carbocycles. The molecule has 12 heteroatoms. The quantitative estimate of drug-likeness (QED) is 0.0996. The molecular formula is C78H111F3O8S. The highest BCUT2D eigenvalue weighted by Gasteiger charge is 2.49. The third kappa shape index (κ3) is 16.7. The second-order valence-corrected chi connectivity index (χ2v) is 32.6. The summed E-state index contributed by atoms with van der Waals surface area (Å²) in [6.07, 6.45) is 38.7. The van der Waals surface area contributed by atoms with E-state index in [1.807, 2.05) is 6.08 Å². The lowest BCUT2D eigenvalue weighted by Crippen LogP contribution is -2.32. The number of sulfone groups is 1. The largest absolute Gasteiger partial charge is 0.393 e. The summed E-state index contributed by atoms with van der Waals surface area (Å²) in [7, 11) is -3.96. The maximum Gasteiger partial charge on any atom is 0.211 e. The van der Waals surface area contributed by atoms with Crippen LogP contribution in [0.15, 0.2) is 176 Å². The topological polar surface area (TPSA) is 156 Å². The number of halogens is 3. The van der Waals surface area contributed by atoms with Gasteiger partial charge >= 0.3 is 0 Å². The Morgan fingerprint density at radius 3 is 1.07 bits per heavy atom. The first kappa shape index (κ1) is 73.0. The Kier molecular flexibility index (Phi) is 24.6. The Bertz CT molecular complexity index is 3050. The van der Waals surface area contributed by atoms with Crippen molar-refractivity contribution in [3.05, 3.63) is 176 Å². The van der Waals surface area contributed by atoms with E-state index < -0.39 is 56.4 Å². The van der Waals surface area contributed by atoms with E-state index in [2.05, 4.69) is 110 Å². The predicted molar refractivity (Wildman–Crippen MR) is 363 cm³/mol. The molecule has 9 aliphatic carbocycles. The molecular weight excluding hydrogens is 1150 g/mol. The molecule has 0 radical (unpaired) electrons. The molecule has 0 bridgehead atoms. The molecule has 15 atom stereocenters. The molecule has 0 unspecified atom stereocenters. The number of aliphatic hydroxyl groups excluding tert-OH is 6. The molecule has 0 aromatic rings. The second kappa shape index (κ2) is 30.3. The molecule has 0 amide bonds. The zero-order valence-corrected chi connectivity index (χ0v) is 57.2. The highest BCUT2D eigenvalue weighted by Crippen LogP contribution is 2.60. The fourth-order valence-corrected chi connectivity index (χ4v) is 17.9. The average Bonchev–Trinajstić information content (AvgIpc) is 1.61. The van der Waals surface area contributed by atoms with Crippen LogP contribution < -0.4 is 0 Å². The van der Waals surface area contributed by atoms with Crippen LogP contribution in [0.1, 0.15) is 211 Å². The summed E-state index contributed by atoms with van der Waals surface area (Å²) in [6, 6.07) is 0. The molecule has 9 aliphatic rings. The summed E-state index contributed by atoms with van der Waals surface area (Å²) >= 11 is 0. The summed E-state index contributed by atoms with van der Waals surface area (Å²) < 4.78 is 64.5. The zero-order chi connectivity index (χ0) is 66.4. The molecule has 6 N–H and O–H groups in total. The standard InChI is InChI=1S/C28H41FO4S.2C25H35FO2/c1-18(9-14-26(29)34(32,33)27(3,4)5)23-12-13-24-20(8-7-15-28(23,24)6)10-11-21-16-22(30)17-25(31)19(21)2;2*1-16(7-8-17(2)26)22-11-12-23-19(6-5-13-25(22,23)4)9-10-20-14-21(27)15-24(28)18(20)3/h10-12,14,18,22,24-25,30-31H,2,7-9,13,15-17H2,1,3-6H3;2*8-11,16,21,23-24,27-28H,3,5-7,12-15H2,1-2,4H3/b20-10+,21-11-,26-14-;2*17-8-,19-9+,20-10-/t18-,22+,24+,25-,28-;16-,21+,23+,24-,25-;16-,21-,23+,24+,25-/m111/s1. The van der Waals surface area contributed by atoms with Gasteiger partial charge in [0, 0.05) is 19.3 Å². The van der Waals surface area contributed by atoms with Crippen molar-refractivity contribution in [2.24, 2.45) is 51.8 Å². The SMILES string of the molecule is C=C1/C(=C\C=C2/CCC[C@]3(C)C([C@H](C)C/C=C(/C)F)=CC[C@@H]23)C[C@@H](O)C[C@@H]1O.C=C1/C(=C\C=C2/CCC[C@]3(C)C([C@H](C)C/C=C(/C)F)=CC[C@@H]23)C[C@H](O)C[C@H]1O.C=C1/C(=C\C=C2/CCC[C@]3(C)C([C@H](C)C/C=C(/F)S(=O)(=O)C(C)(C)C)=CC[C@@H]23)C[C@H](O)C[C@H]1O. The highest BCUT2D eigenvalue weighted by atomic mass is 32.2. The molecule has 498 valence electrons. The van der Waals surface area contributed by atoms with E-state index >= 15 is 0 Å². The number of hydrogen-bond acceptors (Lipinski definition) is 8. The molecule has 0 aromatic heterocycles. The first-order valence-corrected chi connectivity index (χ1v) is 35.3. The number of aliphatic hydroxyl groups is 6. The number of allylic oxidation sites excluding steroid dienone is 20. The van der Waals surface area contributed by atoms with Gasteiger partial charge in [-0.25, -0.2) is 17.2 Å². The van der Waals surface area contributed by atoms with Gasteiger partial charge < -0.3 is 30.6 Å². The first-order chi connectivity index (χ1) is 42.1. The van der Waals surface area contributed by atoms with E-state index in [9.17, 15) is 52.2 Å². The van der Waals surface area contributed by atoms with Crippen LogP contribution in [0.3, 0.4) is 0 Å². The Labute approximate surface area is 539 Å². The smallest absolute Gasteiger partial charge is 0.211 e. The van der Waals surface area contributed by atoms with Gasteiger partial charge in [-0.2, -0.15) is 4.39 Å². The maximum atomic E-state index is 14.6.